The van der Waals surface area contributed by atoms with Gasteiger partial charge in [0.05, 0.1) is 18.9 Å². The molecule has 0 radical (unpaired) electrons. The maximum atomic E-state index is 13.0. The van der Waals surface area contributed by atoms with E-state index in [4.69, 9.17) is 6.42 Å². The predicted molar refractivity (Wildman–Crippen MR) is 119 cm³/mol. The van der Waals surface area contributed by atoms with E-state index in [1.165, 1.54) is 12.4 Å². The summed E-state index contributed by atoms with van der Waals surface area (Å²) in [7, 11) is 0. The number of benzene rings is 1. The molecular formula is C24H28FN5O. The van der Waals surface area contributed by atoms with Gasteiger partial charge in [-0.1, -0.05) is 0 Å². The molecule has 0 unspecified atom stereocenters. The number of hydrogen-bond donors (Lipinski definition) is 0. The summed E-state index contributed by atoms with van der Waals surface area (Å²) in [5.74, 6) is 3.65. The van der Waals surface area contributed by atoms with Crippen molar-refractivity contribution in [3.05, 3.63) is 42.5 Å². The maximum absolute atomic E-state index is 13.0. The average Bonchev–Trinajstić information content (AvgIpc) is 2.81. The highest BCUT2D eigenvalue weighted by Gasteiger charge is 2.25. The molecule has 0 bridgehead atoms. The highest BCUT2D eigenvalue weighted by molar-refractivity contribution is 5.78. The van der Waals surface area contributed by atoms with Crippen molar-refractivity contribution in [3.8, 4) is 23.7 Å². The van der Waals surface area contributed by atoms with Crippen molar-refractivity contribution in [1.29, 1.82) is 0 Å². The second kappa shape index (κ2) is 9.88. The third-order valence-corrected chi connectivity index (χ3v) is 6.22. The second-order valence-corrected chi connectivity index (χ2v) is 8.27. The summed E-state index contributed by atoms with van der Waals surface area (Å²) < 4.78 is 13.0. The van der Waals surface area contributed by atoms with Crippen molar-refractivity contribution >= 4 is 11.6 Å². The first-order chi connectivity index (χ1) is 15.1. The molecule has 0 spiro atoms. The van der Waals surface area contributed by atoms with Crippen molar-refractivity contribution in [2.24, 2.45) is 5.92 Å². The van der Waals surface area contributed by atoms with Crippen LogP contribution >= 0.6 is 0 Å². The number of terminal acetylenes is 1. The predicted octanol–water partition coefficient (Wildman–Crippen LogP) is 2.67. The Kier molecular flexibility index (Phi) is 6.78. The van der Waals surface area contributed by atoms with E-state index in [9.17, 15) is 9.18 Å². The van der Waals surface area contributed by atoms with Gasteiger partial charge in [0.1, 0.15) is 0 Å². The van der Waals surface area contributed by atoms with Crippen LogP contribution in [0.15, 0.2) is 36.7 Å². The standard InChI is InChI=1S/C24H28FN5O/c1-2-3-19-8-10-28(11-9-19)18-23(31)30-14-12-29(13-15-30)22-6-4-20(5-7-22)24-26-16-21(25)17-27-24/h1,4-7,16-17,19H,3,8-15,18H2. The zero-order valence-corrected chi connectivity index (χ0v) is 17.7. The van der Waals surface area contributed by atoms with Crippen molar-refractivity contribution in [3.63, 3.8) is 0 Å². The molecule has 7 heteroatoms. The molecule has 1 aromatic carbocycles. The van der Waals surface area contributed by atoms with E-state index in [1.807, 2.05) is 29.2 Å². The van der Waals surface area contributed by atoms with Gasteiger partial charge >= 0.3 is 0 Å². The lowest BCUT2D eigenvalue weighted by Gasteiger charge is -2.38. The summed E-state index contributed by atoms with van der Waals surface area (Å²) in [5.41, 5.74) is 1.96. The van der Waals surface area contributed by atoms with Crippen molar-refractivity contribution in [2.45, 2.75) is 19.3 Å². The van der Waals surface area contributed by atoms with Crippen LogP contribution in [-0.4, -0.2) is 71.5 Å². The molecule has 0 atom stereocenters. The Morgan fingerprint density at radius 2 is 1.68 bits per heavy atom. The smallest absolute Gasteiger partial charge is 0.236 e. The van der Waals surface area contributed by atoms with E-state index in [2.05, 4.69) is 25.7 Å². The van der Waals surface area contributed by atoms with E-state index >= 15 is 0 Å². The fraction of sp³-hybridized carbons (Fsp3) is 0.458. The first-order valence-electron chi connectivity index (χ1n) is 10.9. The van der Waals surface area contributed by atoms with Crippen LogP contribution in [0.4, 0.5) is 10.1 Å². The van der Waals surface area contributed by atoms with Crippen LogP contribution in [0.1, 0.15) is 19.3 Å². The van der Waals surface area contributed by atoms with Gasteiger partial charge in [0.25, 0.3) is 0 Å². The van der Waals surface area contributed by atoms with Gasteiger partial charge in [-0.3, -0.25) is 9.69 Å². The first-order valence-corrected chi connectivity index (χ1v) is 10.9. The minimum absolute atomic E-state index is 0.221. The number of aromatic nitrogens is 2. The lowest BCUT2D eigenvalue weighted by atomic mass is 9.94. The number of nitrogens with zero attached hydrogens (tertiary/aromatic N) is 5. The van der Waals surface area contributed by atoms with Gasteiger partial charge in [0, 0.05) is 43.9 Å². The molecule has 0 saturated carbocycles. The number of halogens is 1. The molecule has 31 heavy (non-hydrogen) atoms. The summed E-state index contributed by atoms with van der Waals surface area (Å²) in [6.45, 7) is 5.51. The summed E-state index contributed by atoms with van der Waals surface area (Å²) in [6, 6.07) is 7.95. The molecule has 4 rings (SSSR count). The summed E-state index contributed by atoms with van der Waals surface area (Å²) in [4.78, 5) is 27.3. The number of carbonyl (C=O) groups excluding carboxylic acids is 1. The largest absolute Gasteiger partial charge is 0.368 e. The minimum atomic E-state index is -0.443. The summed E-state index contributed by atoms with van der Waals surface area (Å²) in [6.07, 6.45) is 10.8. The highest BCUT2D eigenvalue weighted by atomic mass is 19.1. The maximum Gasteiger partial charge on any atom is 0.236 e. The number of rotatable bonds is 5. The van der Waals surface area contributed by atoms with Gasteiger partial charge in [0.15, 0.2) is 11.6 Å². The molecule has 0 N–H and O–H groups in total. The lowest BCUT2D eigenvalue weighted by Crippen LogP contribution is -2.52. The number of likely N-dealkylation sites (tertiary alicyclic amines) is 1. The Labute approximate surface area is 183 Å². The monoisotopic (exact) mass is 421 g/mol. The normalized spacial score (nSPS) is 18.1. The molecule has 1 amide bonds. The summed E-state index contributed by atoms with van der Waals surface area (Å²) >= 11 is 0. The van der Waals surface area contributed by atoms with E-state index in [0.29, 0.717) is 18.3 Å². The van der Waals surface area contributed by atoms with Gasteiger partial charge in [-0.2, -0.15) is 0 Å². The van der Waals surface area contributed by atoms with Gasteiger partial charge in [0.2, 0.25) is 5.91 Å². The van der Waals surface area contributed by atoms with Gasteiger partial charge < -0.3 is 9.80 Å². The van der Waals surface area contributed by atoms with Crippen molar-refractivity contribution in [1.82, 2.24) is 19.8 Å². The van der Waals surface area contributed by atoms with Crippen LogP contribution in [0.3, 0.4) is 0 Å². The lowest BCUT2D eigenvalue weighted by molar-refractivity contribution is -0.133. The van der Waals surface area contributed by atoms with E-state index in [1.54, 1.807) is 0 Å². The van der Waals surface area contributed by atoms with E-state index in [-0.39, 0.29) is 5.91 Å². The minimum Gasteiger partial charge on any atom is -0.368 e. The molecular weight excluding hydrogens is 393 g/mol. The topological polar surface area (TPSA) is 52.6 Å². The van der Waals surface area contributed by atoms with E-state index in [0.717, 1.165) is 69.8 Å². The highest BCUT2D eigenvalue weighted by Crippen LogP contribution is 2.22. The number of amides is 1. The van der Waals surface area contributed by atoms with Crippen molar-refractivity contribution < 1.29 is 9.18 Å². The molecule has 0 aliphatic carbocycles. The van der Waals surface area contributed by atoms with Crippen LogP contribution in [0, 0.1) is 24.1 Å². The van der Waals surface area contributed by atoms with Crippen LogP contribution in [0.5, 0.6) is 0 Å². The zero-order chi connectivity index (χ0) is 21.6. The molecule has 3 heterocycles. The quantitative estimate of drug-likeness (QED) is 0.695. The Hall–Kier alpha value is -2.98. The molecule has 2 fully saturated rings. The Morgan fingerprint density at radius 3 is 2.29 bits per heavy atom. The number of anilines is 1. The fourth-order valence-corrected chi connectivity index (χ4v) is 4.30. The Morgan fingerprint density at radius 1 is 1.03 bits per heavy atom. The molecule has 2 aromatic rings. The van der Waals surface area contributed by atoms with Crippen LogP contribution in [-0.2, 0) is 4.79 Å². The molecule has 6 nitrogen and oxygen atoms in total. The average molecular weight is 422 g/mol. The van der Waals surface area contributed by atoms with Gasteiger partial charge in [-0.15, -0.1) is 12.3 Å². The number of carbonyl (C=O) groups is 1. The molecule has 2 saturated heterocycles. The first kappa shape index (κ1) is 21.3. The van der Waals surface area contributed by atoms with Crippen LogP contribution in [0.25, 0.3) is 11.4 Å². The summed E-state index contributed by atoms with van der Waals surface area (Å²) in [5, 5.41) is 0. The Balaban J connectivity index is 1.25. The SMILES string of the molecule is C#CCC1CCN(CC(=O)N2CCN(c3ccc(-c4ncc(F)cn4)cc3)CC2)CC1. The molecule has 2 aliphatic rings. The van der Waals surface area contributed by atoms with Gasteiger partial charge in [-0.25, -0.2) is 14.4 Å². The van der Waals surface area contributed by atoms with Gasteiger partial charge in [-0.05, 0) is 56.1 Å². The van der Waals surface area contributed by atoms with Crippen molar-refractivity contribution in [2.75, 3.05) is 50.7 Å². The molecule has 162 valence electrons. The third-order valence-electron chi connectivity index (χ3n) is 6.22. The third kappa shape index (κ3) is 5.39. The second-order valence-electron chi connectivity index (χ2n) is 8.27. The number of piperazine rings is 1. The van der Waals surface area contributed by atoms with Crippen LogP contribution in [0.2, 0.25) is 0 Å². The molecule has 1 aromatic heterocycles. The number of piperidine rings is 1. The molecule has 2 aliphatic heterocycles. The Bertz CT molecular complexity index is 908. The number of hydrogen-bond acceptors (Lipinski definition) is 5. The van der Waals surface area contributed by atoms with Crippen LogP contribution < -0.4 is 4.90 Å². The zero-order valence-electron chi connectivity index (χ0n) is 17.7. The fourth-order valence-electron chi connectivity index (χ4n) is 4.30. The van der Waals surface area contributed by atoms with E-state index < -0.39 is 5.82 Å².